The van der Waals surface area contributed by atoms with Gasteiger partial charge in [0.2, 0.25) is 0 Å². The molecule has 0 saturated heterocycles. The van der Waals surface area contributed by atoms with Crippen molar-refractivity contribution in [3.8, 4) is 0 Å². The van der Waals surface area contributed by atoms with Crippen LogP contribution in [0.3, 0.4) is 0 Å². The van der Waals surface area contributed by atoms with E-state index in [9.17, 15) is 0 Å². The standard InChI is InChI=1S/C26H36N2.Pd/c1-6-7-8-9-10-11-12-26(28-25-16-14-21(3)23(5)18-25)19-27-24-15-13-20(2)22(4)17-24;/h13-19H,6-12H2,1-5H3;/b27-19+,28-26+;. The van der Waals surface area contributed by atoms with Gasteiger partial charge in [0.1, 0.15) is 0 Å². The molecule has 0 saturated carbocycles. The smallest absolute Gasteiger partial charge is 0.0636 e. The Balaban J connectivity index is 0.00000420. The predicted molar refractivity (Wildman–Crippen MR) is 125 cm³/mol. The summed E-state index contributed by atoms with van der Waals surface area (Å²) in [5, 5.41) is 0. The molecular formula is C26H36N2Pd. The number of nitrogens with zero attached hydrogens (tertiary/aromatic N) is 2. The van der Waals surface area contributed by atoms with Crippen LogP contribution < -0.4 is 0 Å². The maximum absolute atomic E-state index is 4.92. The number of unbranched alkanes of at least 4 members (excludes halogenated alkanes) is 5. The molecule has 3 heteroatoms. The van der Waals surface area contributed by atoms with Crippen molar-refractivity contribution >= 4 is 23.3 Å². The van der Waals surface area contributed by atoms with E-state index in [1.165, 1.54) is 60.8 Å². The molecule has 0 aliphatic carbocycles. The van der Waals surface area contributed by atoms with Crippen molar-refractivity contribution in [2.45, 2.75) is 79.6 Å². The number of hydrogen-bond acceptors (Lipinski definition) is 2. The third kappa shape index (κ3) is 9.20. The van der Waals surface area contributed by atoms with Gasteiger partial charge in [-0.25, -0.2) is 0 Å². The molecular weight excluding hydrogens is 447 g/mol. The number of hydrogen-bond donors (Lipinski definition) is 0. The average Bonchev–Trinajstić information content (AvgIpc) is 2.68. The Morgan fingerprint density at radius 1 is 0.724 bits per heavy atom. The van der Waals surface area contributed by atoms with E-state index >= 15 is 0 Å². The van der Waals surface area contributed by atoms with Gasteiger partial charge < -0.3 is 0 Å². The van der Waals surface area contributed by atoms with Crippen LogP contribution in [0.4, 0.5) is 11.4 Å². The summed E-state index contributed by atoms with van der Waals surface area (Å²) in [7, 11) is 0. The molecule has 2 nitrogen and oxygen atoms in total. The van der Waals surface area contributed by atoms with Crippen molar-refractivity contribution in [1.82, 2.24) is 0 Å². The quantitative estimate of drug-likeness (QED) is 0.185. The summed E-state index contributed by atoms with van der Waals surface area (Å²) >= 11 is 0. The monoisotopic (exact) mass is 482 g/mol. The molecule has 0 spiro atoms. The third-order valence-electron chi connectivity index (χ3n) is 5.40. The Morgan fingerprint density at radius 3 is 1.90 bits per heavy atom. The molecule has 0 amide bonds. The van der Waals surface area contributed by atoms with E-state index < -0.39 is 0 Å². The van der Waals surface area contributed by atoms with Gasteiger partial charge in [-0.2, -0.15) is 0 Å². The SMILES string of the molecule is CCCCCCCCC(/C=N/c1ccc(C)c(C)c1)=N\c1ccc(C)c(C)c1.[Pd]. The molecule has 0 aliphatic rings. The molecule has 160 valence electrons. The number of benzene rings is 2. The zero-order valence-corrected chi connectivity index (χ0v) is 20.3. The van der Waals surface area contributed by atoms with Crippen molar-refractivity contribution in [2.24, 2.45) is 9.98 Å². The Bertz CT molecular complexity index is 821. The van der Waals surface area contributed by atoms with Crippen LogP contribution >= 0.6 is 0 Å². The van der Waals surface area contributed by atoms with Gasteiger partial charge in [0.15, 0.2) is 0 Å². The first kappa shape index (κ1) is 25.5. The predicted octanol–water partition coefficient (Wildman–Crippen LogP) is 8.14. The van der Waals surface area contributed by atoms with Crippen molar-refractivity contribution in [3.63, 3.8) is 0 Å². The van der Waals surface area contributed by atoms with Crippen LogP contribution in [0.25, 0.3) is 0 Å². The van der Waals surface area contributed by atoms with Gasteiger partial charge in [0, 0.05) is 26.6 Å². The molecule has 0 fully saturated rings. The summed E-state index contributed by atoms with van der Waals surface area (Å²) in [6, 6.07) is 12.8. The van der Waals surface area contributed by atoms with Gasteiger partial charge in [-0.05, 0) is 87.1 Å². The van der Waals surface area contributed by atoms with Crippen LogP contribution in [0.15, 0.2) is 46.4 Å². The number of rotatable bonds is 10. The second-order valence-corrected chi connectivity index (χ2v) is 7.92. The Kier molecular flexibility index (Phi) is 12.0. The van der Waals surface area contributed by atoms with E-state index in [0.717, 1.165) is 23.5 Å². The minimum atomic E-state index is 0. The van der Waals surface area contributed by atoms with E-state index in [0.29, 0.717) is 0 Å². The second-order valence-electron chi connectivity index (χ2n) is 7.92. The molecule has 0 unspecified atom stereocenters. The zero-order chi connectivity index (χ0) is 20.4. The van der Waals surface area contributed by atoms with Gasteiger partial charge in [-0.15, -0.1) is 0 Å². The molecule has 0 bridgehead atoms. The minimum Gasteiger partial charge on any atom is -0.255 e. The molecule has 0 aromatic heterocycles. The van der Waals surface area contributed by atoms with Crippen LogP contribution in [0, 0.1) is 27.7 Å². The number of aryl methyl sites for hydroxylation is 4. The second kappa shape index (κ2) is 13.6. The number of aliphatic imine (C=N–C) groups is 2. The normalized spacial score (nSPS) is 11.7. The molecule has 0 aliphatic heterocycles. The first-order valence-corrected chi connectivity index (χ1v) is 10.8. The summed E-state index contributed by atoms with van der Waals surface area (Å²) in [6.07, 6.45) is 10.7. The van der Waals surface area contributed by atoms with Crippen LogP contribution in [-0.2, 0) is 20.4 Å². The summed E-state index contributed by atoms with van der Waals surface area (Å²) < 4.78 is 0. The van der Waals surface area contributed by atoms with Crippen molar-refractivity contribution < 1.29 is 20.4 Å². The van der Waals surface area contributed by atoms with E-state index in [1.807, 2.05) is 6.21 Å². The van der Waals surface area contributed by atoms with Gasteiger partial charge >= 0.3 is 0 Å². The summed E-state index contributed by atoms with van der Waals surface area (Å²) in [4.78, 5) is 9.63. The molecule has 2 aromatic carbocycles. The Morgan fingerprint density at radius 2 is 1.28 bits per heavy atom. The van der Waals surface area contributed by atoms with E-state index in [-0.39, 0.29) is 20.4 Å². The molecule has 0 N–H and O–H groups in total. The zero-order valence-electron chi connectivity index (χ0n) is 18.7. The minimum absolute atomic E-state index is 0. The van der Waals surface area contributed by atoms with E-state index in [2.05, 4.69) is 71.0 Å². The fraction of sp³-hybridized carbons (Fsp3) is 0.462. The first-order chi connectivity index (χ1) is 13.5. The fourth-order valence-corrected chi connectivity index (χ4v) is 3.15. The summed E-state index contributed by atoms with van der Waals surface area (Å²) in [5.74, 6) is 0. The van der Waals surface area contributed by atoms with Crippen LogP contribution in [0.1, 0.15) is 74.1 Å². The maximum Gasteiger partial charge on any atom is 0.0636 e. The molecule has 2 rings (SSSR count). The van der Waals surface area contributed by atoms with Gasteiger partial charge in [-0.1, -0.05) is 51.2 Å². The van der Waals surface area contributed by atoms with Crippen molar-refractivity contribution in [1.29, 1.82) is 0 Å². The van der Waals surface area contributed by atoms with Gasteiger partial charge in [0.25, 0.3) is 0 Å². The first-order valence-electron chi connectivity index (χ1n) is 10.8. The fourth-order valence-electron chi connectivity index (χ4n) is 3.15. The molecule has 2 aromatic rings. The van der Waals surface area contributed by atoms with E-state index in [1.54, 1.807) is 0 Å². The van der Waals surface area contributed by atoms with Crippen molar-refractivity contribution in [2.75, 3.05) is 0 Å². The third-order valence-corrected chi connectivity index (χ3v) is 5.40. The summed E-state index contributed by atoms with van der Waals surface area (Å²) in [5.41, 5.74) is 8.26. The topological polar surface area (TPSA) is 24.7 Å². The molecule has 0 radical (unpaired) electrons. The maximum atomic E-state index is 4.92. The average molecular weight is 483 g/mol. The Labute approximate surface area is 191 Å². The van der Waals surface area contributed by atoms with Crippen LogP contribution in [0.2, 0.25) is 0 Å². The largest absolute Gasteiger partial charge is 0.255 e. The van der Waals surface area contributed by atoms with E-state index in [4.69, 9.17) is 9.98 Å². The molecule has 29 heavy (non-hydrogen) atoms. The summed E-state index contributed by atoms with van der Waals surface area (Å²) in [6.45, 7) is 10.8. The van der Waals surface area contributed by atoms with Gasteiger partial charge in [-0.3, -0.25) is 9.98 Å². The van der Waals surface area contributed by atoms with Gasteiger partial charge in [0.05, 0.1) is 17.1 Å². The Hall–Kier alpha value is -1.56. The molecule has 0 heterocycles. The van der Waals surface area contributed by atoms with Crippen LogP contribution in [-0.4, -0.2) is 11.9 Å². The van der Waals surface area contributed by atoms with Crippen molar-refractivity contribution in [3.05, 3.63) is 58.7 Å². The molecule has 0 atom stereocenters. The van der Waals surface area contributed by atoms with Crippen LogP contribution in [0.5, 0.6) is 0 Å².